The molecular formula is C17H23N3O. The molecule has 112 valence electrons. The van der Waals surface area contributed by atoms with Gasteiger partial charge in [-0.1, -0.05) is 19.3 Å². The van der Waals surface area contributed by atoms with E-state index in [1.54, 1.807) is 0 Å². The maximum atomic E-state index is 10.3. The number of anilines is 2. The van der Waals surface area contributed by atoms with Crippen LogP contribution in [0.25, 0.3) is 10.9 Å². The molecule has 4 heteroatoms. The third kappa shape index (κ3) is 3.10. The van der Waals surface area contributed by atoms with Gasteiger partial charge in [-0.25, -0.2) is 0 Å². The predicted molar refractivity (Wildman–Crippen MR) is 87.4 cm³/mol. The predicted octanol–water partition coefficient (Wildman–Crippen LogP) is 3.23. The largest absolute Gasteiger partial charge is 0.399 e. The van der Waals surface area contributed by atoms with Crippen molar-refractivity contribution in [2.24, 2.45) is 0 Å². The number of aromatic nitrogens is 1. The molecule has 1 aromatic carbocycles. The Balaban J connectivity index is 1.97. The highest BCUT2D eigenvalue weighted by Crippen LogP contribution is 2.28. The Morgan fingerprint density at radius 1 is 1.19 bits per heavy atom. The fourth-order valence-electron chi connectivity index (χ4n) is 3.15. The van der Waals surface area contributed by atoms with E-state index in [0.717, 1.165) is 47.2 Å². The molecule has 1 heterocycles. The summed E-state index contributed by atoms with van der Waals surface area (Å²) in [4.78, 5) is 4.55. The smallest absolute Gasteiger partial charge is 0.0741 e. The van der Waals surface area contributed by atoms with Gasteiger partial charge in [0.1, 0.15) is 0 Å². The molecule has 3 rings (SSSR count). The van der Waals surface area contributed by atoms with E-state index in [1.165, 1.54) is 12.8 Å². The first-order valence-electron chi connectivity index (χ1n) is 7.75. The SMILES string of the molecule is Cc1cc(NC2CCCCCC2O)c2cc(N)ccc2n1. The van der Waals surface area contributed by atoms with Crippen LogP contribution in [0, 0.1) is 6.92 Å². The summed E-state index contributed by atoms with van der Waals surface area (Å²) in [6.45, 7) is 1.99. The minimum atomic E-state index is -0.280. The fraction of sp³-hybridized carbons (Fsp3) is 0.471. The van der Waals surface area contributed by atoms with Crippen molar-refractivity contribution in [1.29, 1.82) is 0 Å². The van der Waals surface area contributed by atoms with E-state index in [-0.39, 0.29) is 12.1 Å². The Labute approximate surface area is 125 Å². The number of hydrogen-bond donors (Lipinski definition) is 3. The number of pyridine rings is 1. The zero-order valence-electron chi connectivity index (χ0n) is 12.5. The van der Waals surface area contributed by atoms with Crippen LogP contribution in [0.1, 0.15) is 37.8 Å². The molecule has 2 aromatic rings. The number of nitrogens with zero attached hydrogens (tertiary/aromatic N) is 1. The van der Waals surface area contributed by atoms with Gasteiger partial charge in [0.15, 0.2) is 0 Å². The van der Waals surface area contributed by atoms with Crippen LogP contribution in [-0.2, 0) is 0 Å². The normalized spacial score (nSPS) is 23.0. The summed E-state index contributed by atoms with van der Waals surface area (Å²) in [6.07, 6.45) is 5.09. The standard InChI is InChI=1S/C17H23N3O/c1-11-9-16(13-10-12(18)7-8-14(13)19-11)20-15-5-3-2-4-6-17(15)21/h7-10,15,17,21H,2-6,18H2,1H3,(H,19,20). The van der Waals surface area contributed by atoms with Gasteiger partial charge in [0.05, 0.1) is 17.7 Å². The molecule has 0 radical (unpaired) electrons. The summed E-state index contributed by atoms with van der Waals surface area (Å²) < 4.78 is 0. The Kier molecular flexibility index (Phi) is 3.97. The number of nitrogens with two attached hydrogens (primary N) is 1. The molecule has 0 aliphatic heterocycles. The monoisotopic (exact) mass is 285 g/mol. The van der Waals surface area contributed by atoms with Crippen LogP contribution in [0.5, 0.6) is 0 Å². The number of fused-ring (bicyclic) bond motifs is 1. The van der Waals surface area contributed by atoms with Crippen LogP contribution in [0.2, 0.25) is 0 Å². The van der Waals surface area contributed by atoms with Crippen molar-refractivity contribution < 1.29 is 5.11 Å². The average Bonchev–Trinajstić information content (AvgIpc) is 2.65. The third-order valence-electron chi connectivity index (χ3n) is 4.28. The second-order valence-electron chi connectivity index (χ2n) is 6.04. The first-order chi connectivity index (χ1) is 10.1. The summed E-state index contributed by atoms with van der Waals surface area (Å²) >= 11 is 0. The Morgan fingerprint density at radius 3 is 2.86 bits per heavy atom. The van der Waals surface area contributed by atoms with Gasteiger partial charge in [-0.05, 0) is 44.0 Å². The van der Waals surface area contributed by atoms with E-state index >= 15 is 0 Å². The molecule has 0 amide bonds. The van der Waals surface area contributed by atoms with E-state index in [0.29, 0.717) is 0 Å². The van der Waals surface area contributed by atoms with Crippen LogP contribution in [0.3, 0.4) is 0 Å². The number of nitrogen functional groups attached to an aromatic ring is 1. The quantitative estimate of drug-likeness (QED) is 0.585. The Hall–Kier alpha value is -1.81. The van der Waals surface area contributed by atoms with E-state index in [4.69, 9.17) is 5.73 Å². The van der Waals surface area contributed by atoms with Crippen LogP contribution < -0.4 is 11.1 Å². The second kappa shape index (κ2) is 5.90. The van der Waals surface area contributed by atoms with Gasteiger partial charge in [0.2, 0.25) is 0 Å². The lowest BCUT2D eigenvalue weighted by Crippen LogP contribution is -2.32. The van der Waals surface area contributed by atoms with Crippen LogP contribution in [0.4, 0.5) is 11.4 Å². The molecule has 2 atom stereocenters. The highest BCUT2D eigenvalue weighted by Gasteiger charge is 2.22. The topological polar surface area (TPSA) is 71.2 Å². The lowest BCUT2D eigenvalue weighted by Gasteiger charge is -2.24. The summed E-state index contributed by atoms with van der Waals surface area (Å²) in [7, 11) is 0. The number of nitrogens with one attached hydrogen (secondary N) is 1. The molecule has 1 fully saturated rings. The highest BCUT2D eigenvalue weighted by molar-refractivity contribution is 5.93. The van der Waals surface area contributed by atoms with Crippen LogP contribution in [-0.4, -0.2) is 22.2 Å². The lowest BCUT2D eigenvalue weighted by atomic mass is 10.0. The van der Waals surface area contributed by atoms with E-state index in [2.05, 4.69) is 10.3 Å². The molecule has 1 saturated carbocycles. The molecule has 0 spiro atoms. The van der Waals surface area contributed by atoms with Crippen LogP contribution >= 0.6 is 0 Å². The maximum Gasteiger partial charge on any atom is 0.0741 e. The van der Waals surface area contributed by atoms with Crippen molar-refractivity contribution in [2.75, 3.05) is 11.1 Å². The number of aryl methyl sites for hydroxylation is 1. The zero-order valence-corrected chi connectivity index (χ0v) is 12.5. The molecule has 2 unspecified atom stereocenters. The van der Waals surface area contributed by atoms with E-state index < -0.39 is 0 Å². The minimum Gasteiger partial charge on any atom is -0.399 e. The lowest BCUT2D eigenvalue weighted by molar-refractivity contribution is 0.144. The van der Waals surface area contributed by atoms with Crippen molar-refractivity contribution in [3.63, 3.8) is 0 Å². The number of benzene rings is 1. The Bertz CT molecular complexity index is 641. The first kappa shape index (κ1) is 14.1. The van der Waals surface area contributed by atoms with Crippen LogP contribution in [0.15, 0.2) is 24.3 Å². The highest BCUT2D eigenvalue weighted by atomic mass is 16.3. The molecule has 21 heavy (non-hydrogen) atoms. The number of aliphatic hydroxyl groups is 1. The average molecular weight is 285 g/mol. The molecule has 1 aliphatic carbocycles. The van der Waals surface area contributed by atoms with Gasteiger partial charge in [0.25, 0.3) is 0 Å². The maximum absolute atomic E-state index is 10.3. The van der Waals surface area contributed by atoms with Crippen molar-refractivity contribution >= 4 is 22.3 Å². The third-order valence-corrected chi connectivity index (χ3v) is 4.28. The number of aliphatic hydroxyl groups excluding tert-OH is 1. The molecule has 4 N–H and O–H groups in total. The summed E-state index contributed by atoms with van der Waals surface area (Å²) in [5, 5.41) is 14.9. The van der Waals surface area contributed by atoms with Crippen molar-refractivity contribution in [2.45, 2.75) is 51.2 Å². The van der Waals surface area contributed by atoms with Crippen molar-refractivity contribution in [3.05, 3.63) is 30.0 Å². The minimum absolute atomic E-state index is 0.110. The van der Waals surface area contributed by atoms with Gasteiger partial charge in [-0.3, -0.25) is 4.98 Å². The number of hydrogen-bond acceptors (Lipinski definition) is 4. The molecule has 1 aromatic heterocycles. The van der Waals surface area contributed by atoms with Gasteiger partial charge in [0, 0.05) is 22.5 Å². The second-order valence-corrected chi connectivity index (χ2v) is 6.04. The van der Waals surface area contributed by atoms with Crippen molar-refractivity contribution in [1.82, 2.24) is 4.98 Å². The van der Waals surface area contributed by atoms with E-state index in [9.17, 15) is 5.11 Å². The zero-order chi connectivity index (χ0) is 14.8. The van der Waals surface area contributed by atoms with Gasteiger partial charge < -0.3 is 16.2 Å². The Morgan fingerprint density at radius 2 is 2.00 bits per heavy atom. The van der Waals surface area contributed by atoms with E-state index in [1.807, 2.05) is 31.2 Å². The van der Waals surface area contributed by atoms with Gasteiger partial charge >= 0.3 is 0 Å². The van der Waals surface area contributed by atoms with Gasteiger partial charge in [-0.15, -0.1) is 0 Å². The summed E-state index contributed by atoms with van der Waals surface area (Å²) in [5.41, 5.74) is 9.58. The number of rotatable bonds is 2. The first-order valence-corrected chi connectivity index (χ1v) is 7.75. The summed E-state index contributed by atoms with van der Waals surface area (Å²) in [5.74, 6) is 0. The van der Waals surface area contributed by atoms with Crippen molar-refractivity contribution in [3.8, 4) is 0 Å². The molecule has 1 aliphatic rings. The fourth-order valence-corrected chi connectivity index (χ4v) is 3.15. The summed E-state index contributed by atoms with van der Waals surface area (Å²) in [6, 6.07) is 7.93. The van der Waals surface area contributed by atoms with Gasteiger partial charge in [-0.2, -0.15) is 0 Å². The molecule has 4 nitrogen and oxygen atoms in total. The molecule has 0 saturated heterocycles. The molecule has 0 bridgehead atoms. The molecular weight excluding hydrogens is 262 g/mol.